The summed E-state index contributed by atoms with van der Waals surface area (Å²) < 4.78 is 9.09. The molecule has 0 aromatic carbocycles. The minimum atomic E-state index is -0.467. The molecule has 60 valence electrons. The summed E-state index contributed by atoms with van der Waals surface area (Å²) in [5, 5.41) is 8.01. The fourth-order valence-corrected chi connectivity index (χ4v) is 0.379. The Kier molecular flexibility index (Phi) is 5.72. The molecule has 0 spiro atoms. The molecule has 0 radical (unpaired) electrons. The second-order valence-corrected chi connectivity index (χ2v) is 1.52. The average molecular weight is 155 g/mol. The van der Waals surface area contributed by atoms with E-state index in [4.69, 9.17) is 5.26 Å². The molecule has 0 rings (SSSR count). The van der Waals surface area contributed by atoms with Gasteiger partial charge in [0, 0.05) is 0 Å². The molecule has 11 heavy (non-hydrogen) atoms. The monoisotopic (exact) mass is 155 g/mol. The highest BCUT2D eigenvalue weighted by molar-refractivity contribution is 5.81. The van der Waals surface area contributed by atoms with Gasteiger partial charge in [0.1, 0.15) is 6.07 Å². The summed E-state index contributed by atoms with van der Waals surface area (Å²) >= 11 is 0. The minimum Gasteiger partial charge on any atom is -0.486 e. The van der Waals surface area contributed by atoms with Crippen LogP contribution in [0.25, 0.3) is 0 Å². The summed E-state index contributed by atoms with van der Waals surface area (Å²) in [6.45, 7) is 1.99. The van der Waals surface area contributed by atoms with Crippen molar-refractivity contribution < 1.29 is 14.3 Å². The zero-order chi connectivity index (χ0) is 8.53. The molecule has 0 N–H and O–H groups in total. The van der Waals surface area contributed by atoms with Crippen molar-refractivity contribution in [3.05, 3.63) is 12.3 Å². The summed E-state index contributed by atoms with van der Waals surface area (Å²) in [5.74, 6) is -0.467. The highest BCUT2D eigenvalue weighted by Gasteiger charge is 1.91. The lowest BCUT2D eigenvalue weighted by Crippen LogP contribution is -1.99. The Labute approximate surface area is 65.0 Å². The van der Waals surface area contributed by atoms with Crippen LogP contribution in [0.15, 0.2) is 12.3 Å². The van der Waals surface area contributed by atoms with Gasteiger partial charge in [0.25, 0.3) is 0 Å². The maximum absolute atomic E-state index is 10.5. The van der Waals surface area contributed by atoms with Crippen LogP contribution < -0.4 is 0 Å². The van der Waals surface area contributed by atoms with Crippen LogP contribution in [-0.2, 0) is 14.3 Å². The van der Waals surface area contributed by atoms with Crippen molar-refractivity contribution in [2.45, 2.75) is 6.92 Å². The highest BCUT2D eigenvalue weighted by Crippen LogP contribution is 1.82. The molecule has 0 aromatic rings. The van der Waals surface area contributed by atoms with Crippen LogP contribution in [0.2, 0.25) is 0 Å². The van der Waals surface area contributed by atoms with Gasteiger partial charge >= 0.3 is 5.97 Å². The third-order valence-electron chi connectivity index (χ3n) is 0.735. The van der Waals surface area contributed by atoms with Crippen LogP contribution in [0.1, 0.15) is 6.92 Å². The van der Waals surface area contributed by atoms with Crippen molar-refractivity contribution in [1.29, 1.82) is 5.26 Å². The summed E-state index contributed by atoms with van der Waals surface area (Å²) in [7, 11) is 0. The first-order valence-corrected chi connectivity index (χ1v) is 3.13. The maximum Gasteiger partial charge on any atom is 0.333 e. The van der Waals surface area contributed by atoms with E-state index in [1.165, 1.54) is 0 Å². The lowest BCUT2D eigenvalue weighted by molar-refractivity contribution is -0.137. The number of nitrogens with zero attached hydrogens (tertiary/aromatic N) is 1. The van der Waals surface area contributed by atoms with Gasteiger partial charge in [0.2, 0.25) is 0 Å². The number of rotatable bonds is 4. The van der Waals surface area contributed by atoms with E-state index in [9.17, 15) is 4.79 Å². The molecular formula is C7H9NO3. The van der Waals surface area contributed by atoms with Crippen molar-refractivity contribution in [2.75, 3.05) is 13.2 Å². The second-order valence-electron chi connectivity index (χ2n) is 1.52. The van der Waals surface area contributed by atoms with Crippen molar-refractivity contribution in [3.63, 3.8) is 0 Å². The summed E-state index contributed by atoms with van der Waals surface area (Å²) in [5.41, 5.74) is 0. The molecule has 0 atom stereocenters. The van der Waals surface area contributed by atoms with E-state index in [0.29, 0.717) is 6.61 Å². The van der Waals surface area contributed by atoms with Crippen LogP contribution in [0.3, 0.4) is 0 Å². The van der Waals surface area contributed by atoms with Gasteiger partial charge in [-0.2, -0.15) is 5.26 Å². The molecule has 0 aromatic heterocycles. The molecular weight excluding hydrogens is 146 g/mol. The minimum absolute atomic E-state index is 0.0596. The Balaban J connectivity index is 3.42. The third kappa shape index (κ3) is 6.38. The normalized spacial score (nSPS) is 9.09. The summed E-state index contributed by atoms with van der Waals surface area (Å²) in [4.78, 5) is 10.5. The van der Waals surface area contributed by atoms with Crippen LogP contribution in [0, 0.1) is 11.3 Å². The molecule has 0 aliphatic rings. The van der Waals surface area contributed by atoms with E-state index in [2.05, 4.69) is 9.47 Å². The molecule has 0 saturated heterocycles. The van der Waals surface area contributed by atoms with Crippen LogP contribution in [0.4, 0.5) is 0 Å². The van der Waals surface area contributed by atoms with Crippen molar-refractivity contribution in [3.8, 4) is 6.07 Å². The summed E-state index contributed by atoms with van der Waals surface area (Å²) in [6, 6.07) is 1.75. The molecule has 4 nitrogen and oxygen atoms in total. The third-order valence-corrected chi connectivity index (χ3v) is 0.735. The lowest BCUT2D eigenvalue weighted by atomic mass is 10.6. The average Bonchev–Trinajstić information content (AvgIpc) is 1.99. The molecule has 0 heterocycles. The van der Waals surface area contributed by atoms with E-state index < -0.39 is 5.97 Å². The quantitative estimate of drug-likeness (QED) is 0.258. The fraction of sp³-hybridized carbons (Fsp3) is 0.429. The van der Waals surface area contributed by atoms with Gasteiger partial charge in [-0.1, -0.05) is 0 Å². The molecule has 0 bridgehead atoms. The fourth-order valence-electron chi connectivity index (χ4n) is 0.379. The molecule has 0 saturated carbocycles. The molecule has 4 heteroatoms. The van der Waals surface area contributed by atoms with Crippen molar-refractivity contribution in [1.82, 2.24) is 0 Å². The number of carbonyl (C=O) groups excluding carboxylic acids is 1. The van der Waals surface area contributed by atoms with Gasteiger partial charge in [-0.05, 0) is 6.92 Å². The zero-order valence-corrected chi connectivity index (χ0v) is 6.24. The maximum atomic E-state index is 10.5. The SMILES string of the molecule is CCOC(=O)C=COCC#N. The first-order valence-electron chi connectivity index (χ1n) is 3.13. The Hall–Kier alpha value is -1.50. The number of nitriles is 1. The van der Waals surface area contributed by atoms with E-state index >= 15 is 0 Å². The Morgan fingerprint density at radius 2 is 2.45 bits per heavy atom. The largest absolute Gasteiger partial charge is 0.486 e. The van der Waals surface area contributed by atoms with Crippen molar-refractivity contribution in [2.24, 2.45) is 0 Å². The highest BCUT2D eigenvalue weighted by atomic mass is 16.5. The number of hydrogen-bond acceptors (Lipinski definition) is 4. The van der Waals surface area contributed by atoms with Crippen LogP contribution in [0.5, 0.6) is 0 Å². The van der Waals surface area contributed by atoms with E-state index in [0.717, 1.165) is 12.3 Å². The lowest BCUT2D eigenvalue weighted by Gasteiger charge is -1.93. The van der Waals surface area contributed by atoms with Gasteiger partial charge in [-0.3, -0.25) is 0 Å². The van der Waals surface area contributed by atoms with Crippen molar-refractivity contribution >= 4 is 5.97 Å². The summed E-state index contributed by atoms with van der Waals surface area (Å²) in [6.07, 6.45) is 2.27. The van der Waals surface area contributed by atoms with Crippen LogP contribution in [-0.4, -0.2) is 19.2 Å². The molecule has 0 aliphatic carbocycles. The molecule has 0 amide bonds. The standard InChI is InChI=1S/C7H9NO3/c1-2-11-7(9)3-5-10-6-4-8/h3,5H,2,6H2,1H3. The first kappa shape index (κ1) is 9.50. The van der Waals surface area contributed by atoms with E-state index in [1.807, 2.05) is 0 Å². The predicted octanol–water partition coefficient (Wildman–Crippen LogP) is 0.603. The topological polar surface area (TPSA) is 59.3 Å². The number of hydrogen-bond donors (Lipinski definition) is 0. The predicted molar refractivity (Wildman–Crippen MR) is 37.3 cm³/mol. The Morgan fingerprint density at radius 1 is 1.73 bits per heavy atom. The second kappa shape index (κ2) is 6.62. The first-order chi connectivity index (χ1) is 5.31. The number of ether oxygens (including phenoxy) is 2. The van der Waals surface area contributed by atoms with Crippen LogP contribution >= 0.6 is 0 Å². The zero-order valence-electron chi connectivity index (χ0n) is 6.24. The Morgan fingerprint density at radius 3 is 3.00 bits per heavy atom. The Bertz CT molecular complexity index is 181. The van der Waals surface area contributed by atoms with E-state index in [-0.39, 0.29) is 6.61 Å². The molecule has 0 aliphatic heterocycles. The van der Waals surface area contributed by atoms with E-state index in [1.54, 1.807) is 13.0 Å². The smallest absolute Gasteiger partial charge is 0.333 e. The molecule has 0 unspecified atom stereocenters. The van der Waals surface area contributed by atoms with Gasteiger partial charge in [-0.15, -0.1) is 0 Å². The number of carbonyl (C=O) groups is 1. The number of esters is 1. The van der Waals surface area contributed by atoms with Gasteiger partial charge in [0.05, 0.1) is 18.9 Å². The van der Waals surface area contributed by atoms with Gasteiger partial charge in [0.15, 0.2) is 6.61 Å². The molecule has 0 fully saturated rings. The van der Waals surface area contributed by atoms with Gasteiger partial charge < -0.3 is 9.47 Å². The van der Waals surface area contributed by atoms with Gasteiger partial charge in [-0.25, -0.2) is 4.79 Å².